The van der Waals surface area contributed by atoms with E-state index in [0.717, 1.165) is 6.42 Å². The SMILES string of the molecule is CCCNC(=O)c1cccc(S(=O)(=O)NCc2ccccn2)c1. The third kappa shape index (κ3) is 4.87. The van der Waals surface area contributed by atoms with E-state index in [0.29, 0.717) is 17.8 Å². The van der Waals surface area contributed by atoms with Crippen LogP contribution in [0.15, 0.2) is 53.6 Å². The monoisotopic (exact) mass is 333 g/mol. The fourth-order valence-corrected chi connectivity index (χ4v) is 2.94. The van der Waals surface area contributed by atoms with Crippen LogP contribution in [0, 0.1) is 0 Å². The van der Waals surface area contributed by atoms with Crippen molar-refractivity contribution in [1.82, 2.24) is 15.0 Å². The summed E-state index contributed by atoms with van der Waals surface area (Å²) in [7, 11) is -3.70. The molecule has 2 rings (SSSR count). The minimum absolute atomic E-state index is 0.0533. The normalized spacial score (nSPS) is 11.2. The molecule has 1 amide bonds. The van der Waals surface area contributed by atoms with Crippen LogP contribution in [0.3, 0.4) is 0 Å². The lowest BCUT2D eigenvalue weighted by Crippen LogP contribution is -2.26. The lowest BCUT2D eigenvalue weighted by Gasteiger charge is -2.08. The number of carbonyl (C=O) groups is 1. The van der Waals surface area contributed by atoms with E-state index in [1.807, 2.05) is 6.92 Å². The molecule has 0 bridgehead atoms. The molecule has 0 atom stereocenters. The molecule has 0 aliphatic rings. The van der Waals surface area contributed by atoms with Crippen LogP contribution >= 0.6 is 0 Å². The highest BCUT2D eigenvalue weighted by molar-refractivity contribution is 7.89. The second-order valence-electron chi connectivity index (χ2n) is 4.93. The first-order valence-electron chi connectivity index (χ1n) is 7.31. The second kappa shape index (κ2) is 7.85. The number of benzene rings is 1. The van der Waals surface area contributed by atoms with Crippen molar-refractivity contribution in [2.24, 2.45) is 0 Å². The molecule has 23 heavy (non-hydrogen) atoms. The van der Waals surface area contributed by atoms with Crippen molar-refractivity contribution < 1.29 is 13.2 Å². The van der Waals surface area contributed by atoms with E-state index in [4.69, 9.17) is 0 Å². The van der Waals surface area contributed by atoms with Gasteiger partial charge in [-0.05, 0) is 36.8 Å². The number of hydrogen-bond acceptors (Lipinski definition) is 4. The number of sulfonamides is 1. The number of rotatable bonds is 7. The largest absolute Gasteiger partial charge is 0.352 e. The number of amides is 1. The molecule has 1 aromatic heterocycles. The van der Waals surface area contributed by atoms with Gasteiger partial charge in [0, 0.05) is 18.3 Å². The molecule has 0 saturated carbocycles. The third-order valence-electron chi connectivity index (χ3n) is 3.11. The molecule has 7 heteroatoms. The number of carbonyl (C=O) groups excluding carboxylic acids is 1. The number of nitrogens with zero attached hydrogens (tertiary/aromatic N) is 1. The van der Waals surface area contributed by atoms with Gasteiger partial charge < -0.3 is 5.32 Å². The summed E-state index contributed by atoms with van der Waals surface area (Å²) in [5, 5.41) is 2.72. The molecule has 0 radical (unpaired) electrons. The minimum Gasteiger partial charge on any atom is -0.352 e. The summed E-state index contributed by atoms with van der Waals surface area (Å²) in [6.45, 7) is 2.59. The lowest BCUT2D eigenvalue weighted by molar-refractivity contribution is 0.0953. The van der Waals surface area contributed by atoms with Crippen LogP contribution in [0.25, 0.3) is 0 Å². The van der Waals surface area contributed by atoms with Gasteiger partial charge in [0.1, 0.15) is 0 Å². The van der Waals surface area contributed by atoms with Crippen LogP contribution in [0.1, 0.15) is 29.4 Å². The molecule has 0 aliphatic heterocycles. The molecule has 0 spiro atoms. The summed E-state index contributed by atoms with van der Waals surface area (Å²) in [6.07, 6.45) is 2.41. The zero-order valence-corrected chi connectivity index (χ0v) is 13.6. The Labute approximate surface area is 136 Å². The number of pyridine rings is 1. The molecule has 0 aliphatic carbocycles. The van der Waals surface area contributed by atoms with E-state index < -0.39 is 10.0 Å². The van der Waals surface area contributed by atoms with Gasteiger partial charge in [0.25, 0.3) is 5.91 Å². The molecule has 122 valence electrons. The fourth-order valence-electron chi connectivity index (χ4n) is 1.90. The van der Waals surface area contributed by atoms with Gasteiger partial charge in [-0.2, -0.15) is 0 Å². The van der Waals surface area contributed by atoms with Gasteiger partial charge in [0.05, 0.1) is 17.1 Å². The topological polar surface area (TPSA) is 88.2 Å². The van der Waals surface area contributed by atoms with E-state index in [2.05, 4.69) is 15.0 Å². The van der Waals surface area contributed by atoms with Crippen molar-refractivity contribution >= 4 is 15.9 Å². The van der Waals surface area contributed by atoms with Crippen LogP contribution in [0.5, 0.6) is 0 Å². The molecule has 0 fully saturated rings. The highest BCUT2D eigenvalue weighted by Gasteiger charge is 2.16. The Bertz CT molecular complexity index is 761. The van der Waals surface area contributed by atoms with Crippen LogP contribution < -0.4 is 10.0 Å². The smallest absolute Gasteiger partial charge is 0.251 e. The van der Waals surface area contributed by atoms with Crippen LogP contribution in [0.2, 0.25) is 0 Å². The molecule has 2 aromatic rings. The van der Waals surface area contributed by atoms with Crippen molar-refractivity contribution in [2.75, 3.05) is 6.54 Å². The average Bonchev–Trinajstić information content (AvgIpc) is 2.59. The van der Waals surface area contributed by atoms with E-state index in [1.165, 1.54) is 12.1 Å². The average molecular weight is 333 g/mol. The molecule has 1 heterocycles. The van der Waals surface area contributed by atoms with E-state index in [1.54, 1.807) is 36.5 Å². The first kappa shape index (κ1) is 17.1. The minimum atomic E-state index is -3.70. The van der Waals surface area contributed by atoms with Gasteiger partial charge in [0.2, 0.25) is 10.0 Å². The van der Waals surface area contributed by atoms with Gasteiger partial charge in [-0.3, -0.25) is 9.78 Å². The second-order valence-corrected chi connectivity index (χ2v) is 6.70. The summed E-state index contributed by atoms with van der Waals surface area (Å²) < 4.78 is 27.1. The summed E-state index contributed by atoms with van der Waals surface area (Å²) in [5.74, 6) is -0.284. The highest BCUT2D eigenvalue weighted by atomic mass is 32.2. The maximum Gasteiger partial charge on any atom is 0.251 e. The summed E-state index contributed by atoms with van der Waals surface area (Å²) in [5.41, 5.74) is 0.937. The Morgan fingerprint density at radius 3 is 2.70 bits per heavy atom. The predicted molar refractivity (Wildman–Crippen MR) is 87.3 cm³/mol. The van der Waals surface area contributed by atoms with Crippen molar-refractivity contribution in [3.8, 4) is 0 Å². The van der Waals surface area contributed by atoms with Gasteiger partial charge >= 0.3 is 0 Å². The van der Waals surface area contributed by atoms with Crippen LogP contribution in [-0.4, -0.2) is 25.9 Å². The molecule has 6 nitrogen and oxygen atoms in total. The Kier molecular flexibility index (Phi) is 5.84. The Balaban J connectivity index is 2.11. The first-order valence-corrected chi connectivity index (χ1v) is 8.79. The lowest BCUT2D eigenvalue weighted by atomic mass is 10.2. The Hall–Kier alpha value is -2.25. The Morgan fingerprint density at radius 2 is 2.00 bits per heavy atom. The van der Waals surface area contributed by atoms with Gasteiger partial charge in [-0.1, -0.05) is 19.1 Å². The van der Waals surface area contributed by atoms with Gasteiger partial charge in [-0.15, -0.1) is 0 Å². The van der Waals surface area contributed by atoms with Crippen molar-refractivity contribution in [2.45, 2.75) is 24.8 Å². The van der Waals surface area contributed by atoms with E-state index >= 15 is 0 Å². The molecule has 2 N–H and O–H groups in total. The highest BCUT2D eigenvalue weighted by Crippen LogP contribution is 2.12. The van der Waals surface area contributed by atoms with Crippen molar-refractivity contribution in [1.29, 1.82) is 0 Å². The third-order valence-corrected chi connectivity index (χ3v) is 4.51. The van der Waals surface area contributed by atoms with E-state index in [9.17, 15) is 13.2 Å². The van der Waals surface area contributed by atoms with Crippen LogP contribution in [-0.2, 0) is 16.6 Å². The zero-order valence-electron chi connectivity index (χ0n) is 12.8. The summed E-state index contributed by atoms with van der Waals surface area (Å²) in [6, 6.07) is 11.2. The number of nitrogens with one attached hydrogen (secondary N) is 2. The predicted octanol–water partition coefficient (Wildman–Crippen LogP) is 1.70. The maximum atomic E-state index is 12.3. The zero-order chi connectivity index (χ0) is 16.7. The van der Waals surface area contributed by atoms with E-state index in [-0.39, 0.29) is 17.3 Å². The van der Waals surface area contributed by atoms with Crippen molar-refractivity contribution in [3.05, 3.63) is 59.9 Å². The summed E-state index contributed by atoms with van der Waals surface area (Å²) in [4.78, 5) is 16.0. The fraction of sp³-hybridized carbons (Fsp3) is 0.250. The quantitative estimate of drug-likeness (QED) is 0.807. The Morgan fingerprint density at radius 1 is 1.17 bits per heavy atom. The summed E-state index contributed by atoms with van der Waals surface area (Å²) >= 11 is 0. The van der Waals surface area contributed by atoms with Crippen molar-refractivity contribution in [3.63, 3.8) is 0 Å². The molecule has 1 aromatic carbocycles. The molecule has 0 unspecified atom stereocenters. The molecular formula is C16H19N3O3S. The first-order chi connectivity index (χ1) is 11.0. The molecular weight excluding hydrogens is 314 g/mol. The number of aromatic nitrogens is 1. The standard InChI is InChI=1S/C16H19N3O3S/c1-2-9-18-16(20)13-6-5-8-15(11-13)23(21,22)19-12-14-7-3-4-10-17-14/h3-8,10-11,19H,2,9,12H2,1H3,(H,18,20). The van der Waals surface area contributed by atoms with Gasteiger partial charge in [0.15, 0.2) is 0 Å². The van der Waals surface area contributed by atoms with Gasteiger partial charge in [-0.25, -0.2) is 13.1 Å². The molecule has 0 saturated heterocycles. The maximum absolute atomic E-state index is 12.3. The van der Waals surface area contributed by atoms with Crippen LogP contribution in [0.4, 0.5) is 0 Å². The number of hydrogen-bond donors (Lipinski definition) is 2.